The van der Waals surface area contributed by atoms with Gasteiger partial charge in [-0.1, -0.05) is 81.1 Å². The molecule has 0 unspecified atom stereocenters. The lowest BCUT2D eigenvalue weighted by atomic mass is 9.77. The van der Waals surface area contributed by atoms with Crippen molar-refractivity contribution in [1.82, 2.24) is 0 Å². The van der Waals surface area contributed by atoms with Crippen LogP contribution in [0, 0.1) is 5.92 Å². The van der Waals surface area contributed by atoms with E-state index in [1.54, 1.807) is 6.08 Å². The first kappa shape index (κ1) is 20.4. The van der Waals surface area contributed by atoms with Crippen LogP contribution in [0.4, 0.5) is 0 Å². The third-order valence-corrected chi connectivity index (χ3v) is 6.11. The van der Waals surface area contributed by atoms with Crippen molar-refractivity contribution in [2.45, 2.75) is 64.2 Å². The topological polar surface area (TPSA) is 37.3 Å². The predicted octanol–water partition coefficient (Wildman–Crippen LogP) is 7.31. The van der Waals surface area contributed by atoms with E-state index < -0.39 is 5.97 Å². The van der Waals surface area contributed by atoms with Gasteiger partial charge in [-0.3, -0.25) is 0 Å². The van der Waals surface area contributed by atoms with Crippen LogP contribution in [0.3, 0.4) is 0 Å². The minimum Gasteiger partial charge on any atom is -0.478 e. The fourth-order valence-electron chi connectivity index (χ4n) is 4.37. The number of unbranched alkanes of at least 4 members (excludes halogenated alkanes) is 2. The Balaban J connectivity index is 1.56. The van der Waals surface area contributed by atoms with Gasteiger partial charge in [0.05, 0.1) is 0 Å². The smallest absolute Gasteiger partial charge is 0.328 e. The molecule has 0 radical (unpaired) electrons. The fourth-order valence-corrected chi connectivity index (χ4v) is 4.37. The van der Waals surface area contributed by atoms with Crippen LogP contribution in [0.25, 0.3) is 17.2 Å². The van der Waals surface area contributed by atoms with Gasteiger partial charge < -0.3 is 5.11 Å². The van der Waals surface area contributed by atoms with Crippen LogP contribution in [-0.2, 0) is 4.79 Å². The van der Waals surface area contributed by atoms with Gasteiger partial charge >= 0.3 is 5.97 Å². The van der Waals surface area contributed by atoms with Crippen LogP contribution in [0.2, 0.25) is 0 Å². The molecule has 1 aliphatic carbocycles. The van der Waals surface area contributed by atoms with Crippen LogP contribution in [-0.4, -0.2) is 11.1 Å². The Hall–Kier alpha value is -2.35. The number of rotatable bonds is 8. The predicted molar refractivity (Wildman–Crippen MR) is 117 cm³/mol. The summed E-state index contributed by atoms with van der Waals surface area (Å²) in [5, 5.41) is 8.72. The van der Waals surface area contributed by atoms with Gasteiger partial charge in [-0.15, -0.1) is 0 Å². The summed E-state index contributed by atoms with van der Waals surface area (Å²) < 4.78 is 0. The Morgan fingerprint density at radius 3 is 2.11 bits per heavy atom. The van der Waals surface area contributed by atoms with Crippen LogP contribution >= 0.6 is 0 Å². The lowest BCUT2D eigenvalue weighted by Crippen LogP contribution is -2.13. The largest absolute Gasteiger partial charge is 0.478 e. The normalized spacial score (nSPS) is 19.8. The first-order valence-corrected chi connectivity index (χ1v) is 10.8. The number of carboxylic acids is 1. The Labute approximate surface area is 169 Å². The van der Waals surface area contributed by atoms with Gasteiger partial charge in [-0.05, 0) is 65.8 Å². The lowest BCUT2D eigenvalue weighted by molar-refractivity contribution is -0.131. The average molecular weight is 377 g/mol. The molecule has 148 valence electrons. The molecule has 0 bridgehead atoms. The molecular weight excluding hydrogens is 344 g/mol. The van der Waals surface area contributed by atoms with Crippen LogP contribution < -0.4 is 0 Å². The van der Waals surface area contributed by atoms with Crippen molar-refractivity contribution in [3.63, 3.8) is 0 Å². The van der Waals surface area contributed by atoms with Crippen LogP contribution in [0.1, 0.15) is 75.3 Å². The highest BCUT2D eigenvalue weighted by Gasteiger charge is 2.21. The van der Waals surface area contributed by atoms with Crippen molar-refractivity contribution in [2.75, 3.05) is 0 Å². The number of carbonyl (C=O) groups is 1. The molecule has 0 heterocycles. The first-order valence-electron chi connectivity index (χ1n) is 10.8. The summed E-state index contributed by atoms with van der Waals surface area (Å²) in [6, 6.07) is 17.1. The highest BCUT2D eigenvalue weighted by molar-refractivity contribution is 5.85. The van der Waals surface area contributed by atoms with Gasteiger partial charge in [0.2, 0.25) is 0 Å². The van der Waals surface area contributed by atoms with E-state index in [9.17, 15) is 4.79 Å². The summed E-state index contributed by atoms with van der Waals surface area (Å²) in [5.41, 5.74) is 4.76. The number of carboxylic acid groups (broad SMARTS) is 1. The molecule has 2 aromatic rings. The van der Waals surface area contributed by atoms with Gasteiger partial charge in [0.1, 0.15) is 0 Å². The van der Waals surface area contributed by atoms with E-state index in [0.717, 1.165) is 17.4 Å². The molecule has 1 aliphatic rings. The van der Waals surface area contributed by atoms with E-state index in [1.165, 1.54) is 74.1 Å². The number of benzene rings is 2. The molecule has 2 nitrogen and oxygen atoms in total. The molecule has 2 aromatic carbocycles. The molecule has 1 N–H and O–H groups in total. The number of hydrogen-bond acceptors (Lipinski definition) is 1. The molecule has 0 saturated heterocycles. The highest BCUT2D eigenvalue weighted by atomic mass is 16.4. The van der Waals surface area contributed by atoms with Crippen LogP contribution in [0.15, 0.2) is 54.6 Å². The van der Waals surface area contributed by atoms with E-state index in [2.05, 4.69) is 43.3 Å². The Morgan fingerprint density at radius 2 is 1.54 bits per heavy atom. The molecule has 1 fully saturated rings. The Bertz CT molecular complexity index is 763. The third kappa shape index (κ3) is 5.82. The van der Waals surface area contributed by atoms with Crippen molar-refractivity contribution in [3.05, 3.63) is 65.7 Å². The standard InChI is InChI=1S/C26H32O2/c1-2-3-4-5-20-6-11-22(12-7-20)24-15-17-25(18-16-24)23-13-8-21(9-14-23)10-19-26(27)28/h8-10,13-20,22H,2-7,11-12H2,1H3,(H,27,28)/b19-10+/t20-,22+. The zero-order valence-electron chi connectivity index (χ0n) is 16.9. The molecule has 0 aromatic heterocycles. The molecule has 0 amide bonds. The van der Waals surface area contributed by atoms with Crippen LogP contribution in [0.5, 0.6) is 0 Å². The number of hydrogen-bond donors (Lipinski definition) is 1. The lowest BCUT2D eigenvalue weighted by Gasteiger charge is -2.29. The Morgan fingerprint density at radius 1 is 0.929 bits per heavy atom. The number of aliphatic carboxylic acids is 1. The summed E-state index contributed by atoms with van der Waals surface area (Å²) >= 11 is 0. The maximum absolute atomic E-state index is 10.6. The maximum Gasteiger partial charge on any atom is 0.328 e. The summed E-state index contributed by atoms with van der Waals surface area (Å²) in [6.07, 6.45) is 13.8. The quantitative estimate of drug-likeness (QED) is 0.387. The van der Waals surface area contributed by atoms with Gasteiger partial charge in [-0.2, -0.15) is 0 Å². The second kappa shape index (κ2) is 10.3. The highest BCUT2D eigenvalue weighted by Crippen LogP contribution is 2.38. The molecule has 3 rings (SSSR count). The van der Waals surface area contributed by atoms with E-state index in [0.29, 0.717) is 0 Å². The zero-order chi connectivity index (χ0) is 19.8. The molecule has 28 heavy (non-hydrogen) atoms. The summed E-state index contributed by atoms with van der Waals surface area (Å²) in [5.74, 6) is 0.755. The van der Waals surface area contributed by atoms with Gasteiger partial charge in [0.15, 0.2) is 0 Å². The second-order valence-electron chi connectivity index (χ2n) is 8.13. The molecule has 0 aliphatic heterocycles. The first-order chi connectivity index (χ1) is 13.7. The van der Waals surface area contributed by atoms with Gasteiger partial charge in [0.25, 0.3) is 0 Å². The van der Waals surface area contributed by atoms with Gasteiger partial charge in [-0.25, -0.2) is 4.79 Å². The van der Waals surface area contributed by atoms with Crippen molar-refractivity contribution in [2.24, 2.45) is 5.92 Å². The molecular formula is C26H32O2. The minimum absolute atomic E-state index is 0.722. The molecule has 0 spiro atoms. The van der Waals surface area contributed by atoms with Crippen molar-refractivity contribution >= 4 is 12.0 Å². The average Bonchev–Trinajstić information content (AvgIpc) is 2.73. The van der Waals surface area contributed by atoms with E-state index >= 15 is 0 Å². The van der Waals surface area contributed by atoms with E-state index in [-0.39, 0.29) is 0 Å². The van der Waals surface area contributed by atoms with Gasteiger partial charge in [0, 0.05) is 6.08 Å². The Kier molecular flexibility index (Phi) is 7.47. The van der Waals surface area contributed by atoms with Crippen molar-refractivity contribution < 1.29 is 9.90 Å². The molecule has 0 atom stereocenters. The maximum atomic E-state index is 10.6. The van der Waals surface area contributed by atoms with Crippen molar-refractivity contribution in [1.29, 1.82) is 0 Å². The van der Waals surface area contributed by atoms with E-state index in [4.69, 9.17) is 5.11 Å². The second-order valence-corrected chi connectivity index (χ2v) is 8.13. The molecule has 2 heteroatoms. The minimum atomic E-state index is -0.922. The third-order valence-electron chi connectivity index (χ3n) is 6.11. The SMILES string of the molecule is CCCCC[C@H]1CC[C@@H](c2ccc(-c3ccc(/C=C/C(=O)O)cc3)cc2)CC1. The van der Waals surface area contributed by atoms with E-state index in [1.807, 2.05) is 12.1 Å². The summed E-state index contributed by atoms with van der Waals surface area (Å²) in [4.78, 5) is 10.6. The zero-order valence-corrected chi connectivity index (χ0v) is 16.9. The summed E-state index contributed by atoms with van der Waals surface area (Å²) in [6.45, 7) is 2.28. The fraction of sp³-hybridized carbons (Fsp3) is 0.423. The summed E-state index contributed by atoms with van der Waals surface area (Å²) in [7, 11) is 0. The monoisotopic (exact) mass is 376 g/mol. The molecule has 1 saturated carbocycles. The van der Waals surface area contributed by atoms with Crippen molar-refractivity contribution in [3.8, 4) is 11.1 Å².